The minimum absolute atomic E-state index is 0.0280. The van der Waals surface area contributed by atoms with Gasteiger partial charge in [0.2, 0.25) is 0 Å². The molecule has 3 aliphatic heterocycles. The molecule has 2 fully saturated rings. The summed E-state index contributed by atoms with van der Waals surface area (Å²) in [5.41, 5.74) is 3.55. The van der Waals surface area contributed by atoms with E-state index in [1.165, 1.54) is 36.9 Å². The minimum Gasteiger partial charge on any atom is -0.497 e. The third-order valence-corrected chi connectivity index (χ3v) is 7.42. The molecule has 2 aromatic rings. The van der Waals surface area contributed by atoms with E-state index in [4.69, 9.17) is 14.5 Å². The Bertz CT molecular complexity index is 971. The molecule has 5 rings (SSSR count). The summed E-state index contributed by atoms with van der Waals surface area (Å²) in [5, 5.41) is 12.9. The highest BCUT2D eigenvalue weighted by atomic mass is 16.5. The van der Waals surface area contributed by atoms with Gasteiger partial charge in [-0.15, -0.1) is 0 Å². The maximum absolute atomic E-state index is 11.5. The van der Waals surface area contributed by atoms with Crippen LogP contribution in [0.4, 0.5) is 5.82 Å². The van der Waals surface area contributed by atoms with Crippen molar-refractivity contribution in [1.29, 1.82) is 0 Å². The average molecular weight is 496 g/mol. The zero-order valence-electron chi connectivity index (χ0n) is 21.6. The van der Waals surface area contributed by atoms with Gasteiger partial charge in [0.25, 0.3) is 0 Å². The molecule has 0 bridgehead atoms. The zero-order valence-corrected chi connectivity index (χ0v) is 21.6. The number of rotatable bonds is 9. The molecule has 2 unspecified atom stereocenters. The largest absolute Gasteiger partial charge is 0.497 e. The number of fused-ring (bicyclic) bond motifs is 1. The van der Waals surface area contributed by atoms with Crippen LogP contribution in [0.3, 0.4) is 0 Å². The van der Waals surface area contributed by atoms with E-state index in [2.05, 4.69) is 22.3 Å². The number of likely N-dealkylation sites (tertiary alicyclic amines) is 1. The number of nitrogens with one attached hydrogen (secondary N) is 1. The first-order chi connectivity index (χ1) is 17.6. The van der Waals surface area contributed by atoms with E-state index in [9.17, 15) is 9.90 Å². The minimum atomic E-state index is -0.754. The quantitative estimate of drug-likeness (QED) is 0.519. The molecule has 7 nitrogen and oxygen atoms in total. The van der Waals surface area contributed by atoms with Crippen molar-refractivity contribution in [2.45, 2.75) is 57.3 Å². The Morgan fingerprint density at radius 3 is 2.86 bits per heavy atom. The number of hydrogen-bond donors (Lipinski definition) is 2. The number of benzene rings is 1. The number of carbonyl (C=O) groups is 1. The summed E-state index contributed by atoms with van der Waals surface area (Å²) >= 11 is 0. The van der Waals surface area contributed by atoms with Crippen LogP contribution in [0.2, 0.25) is 0 Å². The molecule has 1 aromatic heterocycles. The first-order valence-corrected chi connectivity index (χ1v) is 13.5. The van der Waals surface area contributed by atoms with E-state index in [1.807, 2.05) is 24.3 Å². The van der Waals surface area contributed by atoms with Gasteiger partial charge < -0.3 is 24.8 Å². The van der Waals surface area contributed by atoms with E-state index < -0.39 is 5.97 Å². The molecule has 0 amide bonds. The third-order valence-electron chi connectivity index (χ3n) is 7.42. The molecule has 2 N–H and O–H groups in total. The van der Waals surface area contributed by atoms with Gasteiger partial charge in [0.1, 0.15) is 11.6 Å². The smallest absolute Gasteiger partial charge is 0.304 e. The van der Waals surface area contributed by atoms with Gasteiger partial charge in [-0.05, 0) is 86.7 Å². The molecule has 2 atom stereocenters. The lowest BCUT2D eigenvalue weighted by Gasteiger charge is -2.23. The Morgan fingerprint density at radius 1 is 1.25 bits per heavy atom. The fourth-order valence-corrected chi connectivity index (χ4v) is 5.39. The number of aliphatic carboxylic acids is 1. The predicted molar refractivity (Wildman–Crippen MR) is 142 cm³/mol. The molecule has 4 heterocycles. The van der Waals surface area contributed by atoms with Crippen molar-refractivity contribution in [3.63, 3.8) is 0 Å². The highest BCUT2D eigenvalue weighted by Gasteiger charge is 2.26. The number of carboxylic acid groups (broad SMARTS) is 1. The molecule has 3 aliphatic rings. The number of ether oxygens (including phenoxy) is 2. The van der Waals surface area contributed by atoms with Gasteiger partial charge in [-0.2, -0.15) is 0 Å². The standard InChI is InChI=1S/C25H33N3O3.C4H8O/c1-31-23-6-2-4-20(14-23)21(15-24(29)30)17-28-13-11-18(16-28)7-9-22-10-8-19-5-3-12-26-25(19)27-22;1-2-4-5-3-1/h2,4,6,8,10,14,18,21H,3,5,7,9,11-13,15-17H2,1H3,(H,26,27)(H,29,30);1-4H2. The number of pyridine rings is 1. The number of methoxy groups -OCH3 is 1. The predicted octanol–water partition coefficient (Wildman–Crippen LogP) is 4.76. The summed E-state index contributed by atoms with van der Waals surface area (Å²) in [7, 11) is 1.64. The molecule has 0 saturated carbocycles. The Labute approximate surface area is 215 Å². The first-order valence-electron chi connectivity index (χ1n) is 13.5. The molecular formula is C29H41N3O4. The lowest BCUT2D eigenvalue weighted by atomic mass is 9.95. The summed E-state index contributed by atoms with van der Waals surface area (Å²) in [6.07, 6.45) is 8.30. The third kappa shape index (κ3) is 7.93. The van der Waals surface area contributed by atoms with Gasteiger partial charge in [0.15, 0.2) is 0 Å². The number of nitrogens with zero attached hydrogens (tertiary/aromatic N) is 2. The topological polar surface area (TPSA) is 83.9 Å². The molecule has 1 aromatic carbocycles. The fourth-order valence-electron chi connectivity index (χ4n) is 5.39. The molecule has 7 heteroatoms. The van der Waals surface area contributed by atoms with Crippen molar-refractivity contribution in [3.8, 4) is 5.75 Å². The van der Waals surface area contributed by atoms with Crippen molar-refractivity contribution in [2.75, 3.05) is 51.8 Å². The average Bonchev–Trinajstić information content (AvgIpc) is 3.62. The van der Waals surface area contributed by atoms with Crippen LogP contribution in [0.5, 0.6) is 5.75 Å². The van der Waals surface area contributed by atoms with Gasteiger partial charge in [0, 0.05) is 44.5 Å². The summed E-state index contributed by atoms with van der Waals surface area (Å²) in [4.78, 5) is 18.7. The van der Waals surface area contributed by atoms with Crippen LogP contribution >= 0.6 is 0 Å². The zero-order chi connectivity index (χ0) is 25.2. The second kappa shape index (κ2) is 13.6. The molecule has 2 saturated heterocycles. The number of aryl methyl sites for hydroxylation is 2. The summed E-state index contributed by atoms with van der Waals surface area (Å²) < 4.78 is 10.3. The van der Waals surface area contributed by atoms with E-state index in [0.717, 1.165) is 75.8 Å². The molecule has 36 heavy (non-hydrogen) atoms. The van der Waals surface area contributed by atoms with Gasteiger partial charge in [-0.1, -0.05) is 18.2 Å². The van der Waals surface area contributed by atoms with E-state index in [-0.39, 0.29) is 12.3 Å². The maximum Gasteiger partial charge on any atom is 0.304 e. The fraction of sp³-hybridized carbons (Fsp3) is 0.586. The van der Waals surface area contributed by atoms with Gasteiger partial charge in [0.05, 0.1) is 13.5 Å². The Morgan fingerprint density at radius 2 is 2.11 bits per heavy atom. The van der Waals surface area contributed by atoms with Crippen molar-refractivity contribution in [1.82, 2.24) is 9.88 Å². The Kier molecular flexibility index (Phi) is 9.99. The van der Waals surface area contributed by atoms with Crippen LogP contribution in [-0.4, -0.2) is 67.5 Å². The second-order valence-electron chi connectivity index (χ2n) is 10.2. The SMILES string of the molecule is C1CCOC1.COc1cccc(C(CC(=O)O)CN2CCC(CCc3ccc4c(n3)NCCC4)C2)c1. The second-order valence-corrected chi connectivity index (χ2v) is 10.2. The molecule has 0 aliphatic carbocycles. The Hall–Kier alpha value is -2.64. The van der Waals surface area contributed by atoms with Crippen LogP contribution in [0.25, 0.3) is 0 Å². The number of aromatic nitrogens is 1. The van der Waals surface area contributed by atoms with Crippen LogP contribution in [0.1, 0.15) is 61.3 Å². The van der Waals surface area contributed by atoms with Crippen LogP contribution < -0.4 is 10.1 Å². The van der Waals surface area contributed by atoms with Crippen LogP contribution in [0, 0.1) is 5.92 Å². The number of hydrogen-bond acceptors (Lipinski definition) is 6. The van der Waals surface area contributed by atoms with E-state index in [1.54, 1.807) is 7.11 Å². The lowest BCUT2D eigenvalue weighted by Crippen LogP contribution is -2.28. The van der Waals surface area contributed by atoms with Crippen LogP contribution in [0.15, 0.2) is 36.4 Å². The normalized spacial score (nSPS) is 20.1. The van der Waals surface area contributed by atoms with Crippen molar-refractivity contribution in [3.05, 3.63) is 53.2 Å². The first kappa shape index (κ1) is 26.4. The lowest BCUT2D eigenvalue weighted by molar-refractivity contribution is -0.137. The molecule has 0 radical (unpaired) electrons. The Balaban J connectivity index is 0.000000543. The highest BCUT2D eigenvalue weighted by molar-refractivity contribution is 5.68. The van der Waals surface area contributed by atoms with E-state index >= 15 is 0 Å². The van der Waals surface area contributed by atoms with Gasteiger partial charge in [-0.3, -0.25) is 4.79 Å². The molecule has 196 valence electrons. The molecular weight excluding hydrogens is 454 g/mol. The van der Waals surface area contributed by atoms with Gasteiger partial charge in [-0.25, -0.2) is 4.98 Å². The summed E-state index contributed by atoms with van der Waals surface area (Å²) in [5.74, 6) is 1.71. The van der Waals surface area contributed by atoms with Gasteiger partial charge >= 0.3 is 5.97 Å². The summed E-state index contributed by atoms with van der Waals surface area (Å²) in [6.45, 7) is 5.86. The molecule has 0 spiro atoms. The monoisotopic (exact) mass is 495 g/mol. The van der Waals surface area contributed by atoms with Crippen molar-refractivity contribution in [2.24, 2.45) is 5.92 Å². The number of anilines is 1. The van der Waals surface area contributed by atoms with Crippen molar-refractivity contribution >= 4 is 11.8 Å². The van der Waals surface area contributed by atoms with Crippen LogP contribution in [-0.2, 0) is 22.4 Å². The van der Waals surface area contributed by atoms with Crippen molar-refractivity contribution < 1.29 is 19.4 Å². The maximum atomic E-state index is 11.5. The van der Waals surface area contributed by atoms with E-state index in [0.29, 0.717) is 5.92 Å². The summed E-state index contributed by atoms with van der Waals surface area (Å²) in [6, 6.07) is 12.2. The highest BCUT2D eigenvalue weighted by Crippen LogP contribution is 2.29. The number of carboxylic acids is 1.